The highest BCUT2D eigenvalue weighted by Gasteiger charge is 2.50. The van der Waals surface area contributed by atoms with E-state index < -0.39 is 29.0 Å². The van der Waals surface area contributed by atoms with Gasteiger partial charge in [0.15, 0.2) is 5.92 Å². The summed E-state index contributed by atoms with van der Waals surface area (Å²) >= 11 is 0. The molecule has 6 heteroatoms. The first-order chi connectivity index (χ1) is 10.3. The maximum absolute atomic E-state index is 12.9. The van der Waals surface area contributed by atoms with Crippen LogP contribution in [0.25, 0.3) is 0 Å². The lowest BCUT2D eigenvalue weighted by atomic mass is 9.57. The lowest BCUT2D eigenvalue weighted by Crippen LogP contribution is -2.45. The van der Waals surface area contributed by atoms with E-state index in [4.69, 9.17) is 4.74 Å². The van der Waals surface area contributed by atoms with Crippen molar-refractivity contribution in [3.05, 3.63) is 35.4 Å². The number of alkyl halides is 3. The van der Waals surface area contributed by atoms with Gasteiger partial charge in [-0.05, 0) is 31.4 Å². The quantitative estimate of drug-likeness (QED) is 0.794. The SMILES string of the molecule is CCOC(=O)[C@H](C#N)C1(c2cccc(C(F)(F)F)c2)CCC1. The van der Waals surface area contributed by atoms with Crippen LogP contribution in [0.4, 0.5) is 13.2 Å². The maximum Gasteiger partial charge on any atom is 0.416 e. The van der Waals surface area contributed by atoms with Crippen LogP contribution < -0.4 is 0 Å². The van der Waals surface area contributed by atoms with E-state index in [0.717, 1.165) is 18.6 Å². The molecule has 0 heterocycles. The molecule has 0 amide bonds. The first-order valence-corrected chi connectivity index (χ1v) is 7.09. The van der Waals surface area contributed by atoms with Crippen LogP contribution in [0.3, 0.4) is 0 Å². The predicted octanol–water partition coefficient (Wildman–Crippen LogP) is 3.83. The van der Waals surface area contributed by atoms with Crippen LogP contribution in [0.5, 0.6) is 0 Å². The van der Waals surface area contributed by atoms with Gasteiger partial charge in [0.05, 0.1) is 18.2 Å². The summed E-state index contributed by atoms with van der Waals surface area (Å²) in [4.78, 5) is 12.0. The molecule has 0 unspecified atom stereocenters. The summed E-state index contributed by atoms with van der Waals surface area (Å²) in [5.41, 5.74) is -1.26. The molecule has 0 spiro atoms. The third-order valence-corrected chi connectivity index (χ3v) is 4.21. The summed E-state index contributed by atoms with van der Waals surface area (Å²) in [6.45, 7) is 1.76. The molecule has 1 aliphatic rings. The molecule has 118 valence electrons. The van der Waals surface area contributed by atoms with E-state index in [0.29, 0.717) is 18.4 Å². The standard InChI is InChI=1S/C16H16F3NO2/c1-2-22-14(21)13(10-20)15(7-4-8-15)11-5-3-6-12(9-11)16(17,18)19/h3,5-6,9,13H,2,4,7-8H2,1H3/t13-/m0/s1. The first-order valence-electron chi connectivity index (χ1n) is 7.09. The molecular weight excluding hydrogens is 295 g/mol. The zero-order chi connectivity index (χ0) is 16.4. The first kappa shape index (κ1) is 16.3. The zero-order valence-corrected chi connectivity index (χ0v) is 12.1. The van der Waals surface area contributed by atoms with Crippen LogP contribution in [0.15, 0.2) is 24.3 Å². The fourth-order valence-corrected chi connectivity index (χ4v) is 2.93. The van der Waals surface area contributed by atoms with Crippen LogP contribution >= 0.6 is 0 Å². The summed E-state index contributed by atoms with van der Waals surface area (Å²) in [5, 5.41) is 9.34. The van der Waals surface area contributed by atoms with Crippen LogP contribution in [0.1, 0.15) is 37.3 Å². The summed E-state index contributed by atoms with van der Waals surface area (Å²) < 4.78 is 43.6. The van der Waals surface area contributed by atoms with Crippen LogP contribution in [0.2, 0.25) is 0 Å². The van der Waals surface area contributed by atoms with Gasteiger partial charge in [-0.3, -0.25) is 4.79 Å². The molecule has 0 bridgehead atoms. The molecule has 1 fully saturated rings. The Balaban J connectivity index is 2.43. The van der Waals surface area contributed by atoms with E-state index in [1.54, 1.807) is 13.0 Å². The van der Waals surface area contributed by atoms with Gasteiger partial charge in [-0.25, -0.2) is 0 Å². The van der Waals surface area contributed by atoms with Crippen molar-refractivity contribution in [2.75, 3.05) is 6.61 Å². The van der Waals surface area contributed by atoms with Crippen molar-refractivity contribution in [2.45, 2.75) is 37.8 Å². The molecule has 2 rings (SSSR count). The average molecular weight is 311 g/mol. The zero-order valence-electron chi connectivity index (χ0n) is 12.1. The molecule has 1 aromatic carbocycles. The van der Waals surface area contributed by atoms with Gasteiger partial charge in [-0.2, -0.15) is 18.4 Å². The van der Waals surface area contributed by atoms with Crippen molar-refractivity contribution in [1.29, 1.82) is 5.26 Å². The van der Waals surface area contributed by atoms with Crippen molar-refractivity contribution < 1.29 is 22.7 Å². The van der Waals surface area contributed by atoms with Crippen molar-refractivity contribution in [3.8, 4) is 6.07 Å². The molecule has 0 N–H and O–H groups in total. The topological polar surface area (TPSA) is 50.1 Å². The second-order valence-electron chi connectivity index (χ2n) is 5.40. The Kier molecular flexibility index (Phi) is 4.45. The minimum absolute atomic E-state index is 0.135. The van der Waals surface area contributed by atoms with E-state index in [1.165, 1.54) is 6.07 Å². The Morgan fingerprint density at radius 1 is 1.45 bits per heavy atom. The van der Waals surface area contributed by atoms with Crippen molar-refractivity contribution in [2.24, 2.45) is 5.92 Å². The average Bonchev–Trinajstić information content (AvgIpc) is 2.42. The molecule has 1 aromatic rings. The van der Waals surface area contributed by atoms with E-state index in [9.17, 15) is 23.2 Å². The molecule has 1 aliphatic carbocycles. The Morgan fingerprint density at radius 2 is 2.14 bits per heavy atom. The van der Waals surface area contributed by atoms with Gasteiger partial charge in [0.1, 0.15) is 0 Å². The maximum atomic E-state index is 12.9. The van der Waals surface area contributed by atoms with Crippen LogP contribution in [-0.2, 0) is 21.1 Å². The highest BCUT2D eigenvalue weighted by molar-refractivity contribution is 5.78. The number of carbonyl (C=O) groups is 1. The molecule has 1 saturated carbocycles. The summed E-state index contributed by atoms with van der Waals surface area (Å²) in [6, 6.07) is 6.83. The van der Waals surface area contributed by atoms with Gasteiger partial charge < -0.3 is 4.74 Å². The minimum Gasteiger partial charge on any atom is -0.465 e. The monoisotopic (exact) mass is 311 g/mol. The van der Waals surface area contributed by atoms with Gasteiger partial charge in [-0.15, -0.1) is 0 Å². The highest BCUT2D eigenvalue weighted by atomic mass is 19.4. The van der Waals surface area contributed by atoms with E-state index in [2.05, 4.69) is 0 Å². The number of nitrogens with zero attached hydrogens (tertiary/aromatic N) is 1. The Labute approximate surface area is 126 Å². The fourth-order valence-electron chi connectivity index (χ4n) is 2.93. The number of hydrogen-bond donors (Lipinski definition) is 0. The van der Waals surface area contributed by atoms with Crippen molar-refractivity contribution in [1.82, 2.24) is 0 Å². The van der Waals surface area contributed by atoms with E-state index in [1.807, 2.05) is 6.07 Å². The number of ether oxygens (including phenoxy) is 1. The number of rotatable bonds is 4. The van der Waals surface area contributed by atoms with Gasteiger partial charge in [0.25, 0.3) is 0 Å². The van der Waals surface area contributed by atoms with E-state index >= 15 is 0 Å². The second kappa shape index (κ2) is 5.99. The van der Waals surface area contributed by atoms with Crippen LogP contribution in [0, 0.1) is 17.2 Å². The molecular formula is C16H16F3NO2. The third kappa shape index (κ3) is 2.80. The number of halogens is 3. The van der Waals surface area contributed by atoms with Crippen molar-refractivity contribution in [3.63, 3.8) is 0 Å². The number of benzene rings is 1. The minimum atomic E-state index is -4.45. The van der Waals surface area contributed by atoms with Gasteiger partial charge >= 0.3 is 12.1 Å². The van der Waals surface area contributed by atoms with Gasteiger partial charge in [0.2, 0.25) is 0 Å². The number of hydrogen-bond acceptors (Lipinski definition) is 3. The summed E-state index contributed by atoms with van der Waals surface area (Å²) in [5.74, 6) is -1.74. The summed E-state index contributed by atoms with van der Waals surface area (Å²) in [6.07, 6.45) is -2.67. The normalized spacial score (nSPS) is 18.0. The van der Waals surface area contributed by atoms with E-state index in [-0.39, 0.29) is 6.61 Å². The molecule has 0 saturated heterocycles. The summed E-state index contributed by atoms with van der Waals surface area (Å²) in [7, 11) is 0. The molecule has 0 aromatic heterocycles. The Hall–Kier alpha value is -2.03. The lowest BCUT2D eigenvalue weighted by molar-refractivity contribution is -0.149. The molecule has 0 aliphatic heterocycles. The number of carbonyl (C=O) groups excluding carboxylic acids is 1. The lowest BCUT2D eigenvalue weighted by Gasteiger charge is -2.44. The molecule has 0 radical (unpaired) electrons. The van der Waals surface area contributed by atoms with Gasteiger partial charge in [-0.1, -0.05) is 24.6 Å². The molecule has 22 heavy (non-hydrogen) atoms. The Morgan fingerprint density at radius 3 is 2.59 bits per heavy atom. The largest absolute Gasteiger partial charge is 0.465 e. The molecule has 3 nitrogen and oxygen atoms in total. The van der Waals surface area contributed by atoms with Crippen molar-refractivity contribution >= 4 is 5.97 Å². The van der Waals surface area contributed by atoms with Gasteiger partial charge in [0, 0.05) is 5.41 Å². The second-order valence-corrected chi connectivity index (χ2v) is 5.40. The third-order valence-electron chi connectivity index (χ3n) is 4.21. The molecule has 1 atom stereocenters. The number of nitriles is 1. The predicted molar refractivity (Wildman–Crippen MR) is 72.7 cm³/mol. The number of esters is 1. The Bertz CT molecular complexity index is 600. The fraction of sp³-hybridized carbons (Fsp3) is 0.500. The smallest absolute Gasteiger partial charge is 0.416 e. The highest BCUT2D eigenvalue weighted by Crippen LogP contribution is 2.50. The van der Waals surface area contributed by atoms with Crippen LogP contribution in [-0.4, -0.2) is 12.6 Å².